The van der Waals surface area contributed by atoms with Crippen molar-refractivity contribution >= 4 is 5.78 Å². The number of hydrogen-bond donors (Lipinski definition) is 0. The Labute approximate surface area is 223 Å². The van der Waals surface area contributed by atoms with Crippen molar-refractivity contribution in [2.45, 2.75) is 45.5 Å². The van der Waals surface area contributed by atoms with Gasteiger partial charge in [-0.05, 0) is 49.9 Å². The Kier molecular flexibility index (Phi) is 10.9. The first-order valence-corrected chi connectivity index (χ1v) is 12.4. The van der Waals surface area contributed by atoms with Gasteiger partial charge in [-0.2, -0.15) is 0 Å². The smallest absolute Gasteiger partial charge is 0.199 e. The standard InChI is InChI=1S/C28H37FO9/c1-7-20-21(10-11-34-14-19-15-37-28(2,3)38-19)26(25(36-17-32-5)13-24(20)35-16-31-4)27(30)22-9-8-18(33-6)12-23(22)29/h8-9,12-13,19H,7,10-11,14-17H2,1-6H3. The van der Waals surface area contributed by atoms with Crippen molar-refractivity contribution in [1.82, 2.24) is 0 Å². The molecule has 0 amide bonds. The van der Waals surface area contributed by atoms with Gasteiger partial charge in [0.15, 0.2) is 25.2 Å². The summed E-state index contributed by atoms with van der Waals surface area (Å²) in [6.07, 6.45) is 0.687. The number of benzene rings is 2. The fourth-order valence-electron chi connectivity index (χ4n) is 4.30. The van der Waals surface area contributed by atoms with Crippen LogP contribution in [-0.2, 0) is 36.5 Å². The van der Waals surface area contributed by atoms with E-state index in [1.54, 1.807) is 6.07 Å². The number of ketones is 1. The average Bonchev–Trinajstić information content (AvgIpc) is 3.25. The van der Waals surface area contributed by atoms with E-state index in [4.69, 9.17) is 37.9 Å². The fourth-order valence-corrected chi connectivity index (χ4v) is 4.30. The van der Waals surface area contributed by atoms with Gasteiger partial charge in [-0.3, -0.25) is 4.79 Å². The van der Waals surface area contributed by atoms with Crippen molar-refractivity contribution < 1.29 is 47.1 Å². The topological polar surface area (TPSA) is 90.9 Å². The van der Waals surface area contributed by atoms with Crippen LogP contribution >= 0.6 is 0 Å². The minimum Gasteiger partial charge on any atom is -0.497 e. The van der Waals surface area contributed by atoms with Gasteiger partial charge in [-0.1, -0.05) is 6.92 Å². The second kappa shape index (κ2) is 13.9. The molecule has 0 N–H and O–H groups in total. The number of carbonyl (C=O) groups is 1. The van der Waals surface area contributed by atoms with Crippen LogP contribution in [0, 0.1) is 5.82 Å². The van der Waals surface area contributed by atoms with Gasteiger partial charge in [0, 0.05) is 26.4 Å². The molecule has 2 aromatic carbocycles. The van der Waals surface area contributed by atoms with Crippen molar-refractivity contribution in [2.75, 3.05) is 54.7 Å². The lowest BCUT2D eigenvalue weighted by Crippen LogP contribution is -2.24. The van der Waals surface area contributed by atoms with Gasteiger partial charge < -0.3 is 37.9 Å². The van der Waals surface area contributed by atoms with Gasteiger partial charge in [-0.25, -0.2) is 4.39 Å². The molecule has 10 heteroatoms. The zero-order valence-electron chi connectivity index (χ0n) is 22.9. The van der Waals surface area contributed by atoms with Gasteiger partial charge in [-0.15, -0.1) is 0 Å². The predicted molar refractivity (Wildman–Crippen MR) is 137 cm³/mol. The highest BCUT2D eigenvalue weighted by Gasteiger charge is 2.33. The molecule has 0 spiro atoms. The molecule has 0 radical (unpaired) electrons. The Morgan fingerprint density at radius 2 is 1.76 bits per heavy atom. The van der Waals surface area contributed by atoms with Gasteiger partial charge in [0.05, 0.1) is 38.1 Å². The molecule has 210 valence electrons. The van der Waals surface area contributed by atoms with E-state index in [-0.39, 0.29) is 43.2 Å². The molecule has 0 aliphatic carbocycles. The molecule has 1 aliphatic rings. The summed E-state index contributed by atoms with van der Waals surface area (Å²) < 4.78 is 59.2. The van der Waals surface area contributed by atoms with E-state index < -0.39 is 17.4 Å². The van der Waals surface area contributed by atoms with Crippen LogP contribution in [0.15, 0.2) is 24.3 Å². The van der Waals surface area contributed by atoms with E-state index in [9.17, 15) is 4.79 Å². The molecular formula is C28H37FO9. The molecule has 38 heavy (non-hydrogen) atoms. The number of hydrogen-bond acceptors (Lipinski definition) is 9. The maximum absolute atomic E-state index is 15.0. The van der Waals surface area contributed by atoms with Crippen molar-refractivity contribution in [3.63, 3.8) is 0 Å². The van der Waals surface area contributed by atoms with Gasteiger partial charge in [0.2, 0.25) is 0 Å². The van der Waals surface area contributed by atoms with Crippen LogP contribution in [0.25, 0.3) is 0 Å². The molecule has 1 atom stereocenters. The minimum atomic E-state index is -0.701. The van der Waals surface area contributed by atoms with E-state index >= 15 is 4.39 Å². The molecule has 2 aromatic rings. The van der Waals surface area contributed by atoms with Gasteiger partial charge >= 0.3 is 0 Å². The Balaban J connectivity index is 2.00. The quantitative estimate of drug-likeness (QED) is 0.188. The van der Waals surface area contributed by atoms with Crippen molar-refractivity contribution in [1.29, 1.82) is 0 Å². The zero-order chi connectivity index (χ0) is 27.7. The summed E-state index contributed by atoms with van der Waals surface area (Å²) in [4.78, 5) is 13.8. The molecule has 1 fully saturated rings. The monoisotopic (exact) mass is 536 g/mol. The largest absolute Gasteiger partial charge is 0.497 e. The van der Waals surface area contributed by atoms with Crippen LogP contribution in [0.4, 0.5) is 4.39 Å². The van der Waals surface area contributed by atoms with Crippen LogP contribution in [-0.4, -0.2) is 72.4 Å². The zero-order valence-corrected chi connectivity index (χ0v) is 22.9. The van der Waals surface area contributed by atoms with E-state index in [0.717, 1.165) is 5.56 Å². The van der Waals surface area contributed by atoms with E-state index in [0.29, 0.717) is 43.1 Å². The molecule has 1 heterocycles. The normalized spacial score (nSPS) is 16.4. The summed E-state index contributed by atoms with van der Waals surface area (Å²) in [5.41, 5.74) is 1.52. The molecule has 1 unspecified atom stereocenters. The first kappa shape index (κ1) is 29.8. The number of carbonyl (C=O) groups excluding carboxylic acids is 1. The Morgan fingerprint density at radius 3 is 2.34 bits per heavy atom. The van der Waals surface area contributed by atoms with Gasteiger partial charge in [0.25, 0.3) is 0 Å². The first-order chi connectivity index (χ1) is 18.2. The lowest BCUT2D eigenvalue weighted by molar-refractivity contribution is -0.144. The van der Waals surface area contributed by atoms with Crippen LogP contribution < -0.4 is 14.2 Å². The summed E-state index contributed by atoms with van der Waals surface area (Å²) in [6, 6.07) is 5.73. The highest BCUT2D eigenvalue weighted by Crippen LogP contribution is 2.37. The molecule has 1 aliphatic heterocycles. The van der Waals surface area contributed by atoms with Crippen LogP contribution in [0.5, 0.6) is 17.2 Å². The second-order valence-corrected chi connectivity index (χ2v) is 9.11. The van der Waals surface area contributed by atoms with Crippen molar-refractivity contribution in [3.05, 3.63) is 52.3 Å². The Morgan fingerprint density at radius 1 is 1.05 bits per heavy atom. The van der Waals surface area contributed by atoms with Gasteiger partial charge in [0.1, 0.15) is 29.2 Å². The maximum atomic E-state index is 15.0. The number of rotatable bonds is 15. The van der Waals surface area contributed by atoms with Crippen LogP contribution in [0.1, 0.15) is 47.8 Å². The van der Waals surface area contributed by atoms with Crippen molar-refractivity contribution in [2.24, 2.45) is 0 Å². The summed E-state index contributed by atoms with van der Waals surface area (Å²) in [5, 5.41) is 0. The average molecular weight is 537 g/mol. The molecule has 0 aromatic heterocycles. The predicted octanol–water partition coefficient (Wildman–Crippen LogP) is 4.30. The third-order valence-electron chi connectivity index (χ3n) is 6.01. The van der Waals surface area contributed by atoms with E-state index in [1.807, 2.05) is 20.8 Å². The summed E-state index contributed by atoms with van der Waals surface area (Å²) >= 11 is 0. The number of methoxy groups -OCH3 is 3. The third kappa shape index (κ3) is 7.42. The molecule has 9 nitrogen and oxygen atoms in total. The summed E-state index contributed by atoms with van der Waals surface area (Å²) in [7, 11) is 4.42. The molecular weight excluding hydrogens is 499 g/mol. The first-order valence-electron chi connectivity index (χ1n) is 12.4. The lowest BCUT2D eigenvalue weighted by atomic mass is 9.90. The fraction of sp³-hybridized carbons (Fsp3) is 0.536. The summed E-state index contributed by atoms with van der Waals surface area (Å²) in [6.45, 7) is 6.57. The molecule has 0 saturated carbocycles. The lowest BCUT2D eigenvalue weighted by Gasteiger charge is -2.22. The Hall–Kier alpha value is -2.76. The molecule has 1 saturated heterocycles. The SMILES string of the molecule is CCc1c(OCOC)cc(OCOC)c(C(=O)c2ccc(OC)cc2F)c1CCOCC1COC(C)(C)O1. The van der Waals surface area contributed by atoms with E-state index in [2.05, 4.69) is 0 Å². The third-order valence-corrected chi connectivity index (χ3v) is 6.01. The van der Waals surface area contributed by atoms with Crippen LogP contribution in [0.2, 0.25) is 0 Å². The minimum absolute atomic E-state index is 0.00185. The maximum Gasteiger partial charge on any atom is 0.199 e. The second-order valence-electron chi connectivity index (χ2n) is 9.11. The molecule has 3 rings (SSSR count). The molecule has 0 bridgehead atoms. The van der Waals surface area contributed by atoms with Crippen molar-refractivity contribution in [3.8, 4) is 17.2 Å². The highest BCUT2D eigenvalue weighted by molar-refractivity contribution is 6.12. The number of ether oxygens (including phenoxy) is 8. The Bertz CT molecular complexity index is 1090. The van der Waals surface area contributed by atoms with Crippen LogP contribution in [0.3, 0.4) is 0 Å². The number of halogens is 1. The summed E-state index contributed by atoms with van der Waals surface area (Å²) in [5.74, 6) is -0.869. The van der Waals surface area contributed by atoms with E-state index in [1.165, 1.54) is 39.5 Å². The highest BCUT2D eigenvalue weighted by atomic mass is 19.1.